The smallest absolute Gasteiger partial charge is 0.290 e. The zero-order valence-electron chi connectivity index (χ0n) is 15.8. The molecule has 0 unspecified atom stereocenters. The van der Waals surface area contributed by atoms with E-state index in [1.165, 1.54) is 12.0 Å². The lowest BCUT2D eigenvalue weighted by atomic mass is 9.78. The number of fused-ring (bicyclic) bond motifs is 1. The topological polar surface area (TPSA) is 39.8 Å². The number of aryl methyl sites for hydroxylation is 1. The number of aromatic nitrogens is 3. The van der Waals surface area contributed by atoms with Crippen molar-refractivity contribution < 1.29 is 0 Å². The van der Waals surface area contributed by atoms with Gasteiger partial charge in [0.2, 0.25) is 0 Å². The summed E-state index contributed by atoms with van der Waals surface area (Å²) in [5.74, 6) is 0. The molecule has 0 atom stereocenters. The Morgan fingerprint density at radius 3 is 2.54 bits per heavy atom. The van der Waals surface area contributed by atoms with E-state index in [-0.39, 0.29) is 11.1 Å². The van der Waals surface area contributed by atoms with Crippen LogP contribution in [0.15, 0.2) is 23.0 Å². The average Bonchev–Trinajstić information content (AvgIpc) is 2.71. The summed E-state index contributed by atoms with van der Waals surface area (Å²) in [6.07, 6.45) is 5.65. The summed E-state index contributed by atoms with van der Waals surface area (Å²) < 4.78 is 3.53. The summed E-state index contributed by atoms with van der Waals surface area (Å²) in [5, 5.41) is 0. The van der Waals surface area contributed by atoms with Crippen molar-refractivity contribution in [2.24, 2.45) is 17.9 Å². The second-order valence-corrected chi connectivity index (χ2v) is 9.13. The minimum atomic E-state index is 0.0170. The largest absolute Gasteiger partial charge is 0.330 e. The Morgan fingerprint density at radius 1 is 1.25 bits per heavy atom. The fourth-order valence-electron chi connectivity index (χ4n) is 3.39. The molecule has 0 bridgehead atoms. The number of hydrogen-bond acceptors (Lipinski definition) is 2. The summed E-state index contributed by atoms with van der Waals surface area (Å²) in [7, 11) is 1.82. The van der Waals surface area contributed by atoms with Gasteiger partial charge in [-0.05, 0) is 47.8 Å². The fraction of sp³-hybridized carbons (Fsp3) is 0.600. The van der Waals surface area contributed by atoms with Crippen LogP contribution in [0, 0.1) is 10.8 Å². The normalized spacial score (nSPS) is 18.0. The van der Waals surface area contributed by atoms with Gasteiger partial charge in [0.1, 0.15) is 0 Å². The summed E-state index contributed by atoms with van der Waals surface area (Å²) in [5.41, 5.74) is 4.49. The Bertz CT molecular complexity index is 859. The molecule has 0 N–H and O–H groups in total. The van der Waals surface area contributed by atoms with Gasteiger partial charge < -0.3 is 0 Å². The van der Waals surface area contributed by atoms with E-state index in [1.807, 2.05) is 11.6 Å². The lowest BCUT2D eigenvalue weighted by molar-refractivity contribution is 0.335. The summed E-state index contributed by atoms with van der Waals surface area (Å²) >= 11 is 0. The van der Waals surface area contributed by atoms with Crippen molar-refractivity contribution in [3.05, 3.63) is 34.4 Å². The van der Waals surface area contributed by atoms with E-state index < -0.39 is 0 Å². The minimum absolute atomic E-state index is 0.0170. The van der Waals surface area contributed by atoms with Gasteiger partial charge in [0.05, 0.1) is 11.2 Å². The zero-order chi connectivity index (χ0) is 17.7. The lowest BCUT2D eigenvalue weighted by Crippen LogP contribution is -2.27. The van der Waals surface area contributed by atoms with Gasteiger partial charge >= 0.3 is 5.69 Å². The Hall–Kier alpha value is -1.84. The predicted molar refractivity (Wildman–Crippen MR) is 100 cm³/mol. The molecule has 3 rings (SSSR count). The highest BCUT2D eigenvalue weighted by Crippen LogP contribution is 2.37. The molecule has 4 heteroatoms. The first kappa shape index (κ1) is 17.0. The van der Waals surface area contributed by atoms with Crippen LogP contribution in [0.4, 0.5) is 0 Å². The summed E-state index contributed by atoms with van der Waals surface area (Å²) in [6, 6.07) is 4.14. The number of nitrogens with zero attached hydrogens (tertiary/aromatic N) is 3. The molecule has 2 aromatic rings. The number of pyridine rings is 1. The van der Waals surface area contributed by atoms with E-state index in [1.54, 1.807) is 4.57 Å². The van der Waals surface area contributed by atoms with Crippen LogP contribution in [0.3, 0.4) is 0 Å². The third-order valence-electron chi connectivity index (χ3n) is 4.91. The number of allylic oxidation sites excluding steroid dienone is 2. The molecule has 0 saturated heterocycles. The maximum absolute atomic E-state index is 12.6. The van der Waals surface area contributed by atoms with E-state index in [0.717, 1.165) is 29.7 Å². The van der Waals surface area contributed by atoms with Crippen LogP contribution < -0.4 is 5.69 Å². The van der Waals surface area contributed by atoms with Crippen LogP contribution >= 0.6 is 0 Å². The van der Waals surface area contributed by atoms with Crippen molar-refractivity contribution in [1.82, 2.24) is 14.1 Å². The van der Waals surface area contributed by atoms with Crippen LogP contribution in [0.25, 0.3) is 16.7 Å². The average molecular weight is 327 g/mol. The van der Waals surface area contributed by atoms with E-state index in [9.17, 15) is 4.79 Å². The van der Waals surface area contributed by atoms with Crippen molar-refractivity contribution in [2.45, 2.75) is 60.4 Å². The van der Waals surface area contributed by atoms with Gasteiger partial charge in [0, 0.05) is 13.6 Å². The highest BCUT2D eigenvalue weighted by atomic mass is 16.1. The predicted octanol–water partition coefficient (Wildman–Crippen LogP) is 4.37. The molecule has 0 spiro atoms. The van der Waals surface area contributed by atoms with Crippen LogP contribution in [0.2, 0.25) is 0 Å². The molecule has 0 aromatic carbocycles. The van der Waals surface area contributed by atoms with Crippen molar-refractivity contribution in [3.8, 4) is 0 Å². The first-order valence-electron chi connectivity index (χ1n) is 8.83. The number of hydrogen-bond donors (Lipinski definition) is 0. The molecule has 0 aliphatic heterocycles. The maximum Gasteiger partial charge on any atom is 0.330 e. The molecule has 0 fully saturated rings. The molecule has 1 aliphatic carbocycles. The van der Waals surface area contributed by atoms with E-state index in [2.05, 4.69) is 52.8 Å². The Kier molecular flexibility index (Phi) is 3.97. The molecular formula is C20H29N3O. The maximum atomic E-state index is 12.6. The second-order valence-electron chi connectivity index (χ2n) is 9.13. The van der Waals surface area contributed by atoms with Gasteiger partial charge in [-0.3, -0.25) is 9.13 Å². The molecule has 0 amide bonds. The molecule has 1 aliphatic rings. The Morgan fingerprint density at radius 2 is 1.96 bits per heavy atom. The number of rotatable bonds is 2. The van der Waals surface area contributed by atoms with Gasteiger partial charge in [-0.2, -0.15) is 0 Å². The third kappa shape index (κ3) is 3.19. The molecule has 24 heavy (non-hydrogen) atoms. The number of imidazole rings is 1. The highest BCUT2D eigenvalue weighted by Gasteiger charge is 2.23. The second kappa shape index (κ2) is 5.61. The third-order valence-corrected chi connectivity index (χ3v) is 4.91. The van der Waals surface area contributed by atoms with Crippen molar-refractivity contribution >= 4 is 16.7 Å². The Balaban J connectivity index is 2.06. The van der Waals surface area contributed by atoms with Crippen molar-refractivity contribution in [3.63, 3.8) is 0 Å². The lowest BCUT2D eigenvalue weighted by Gasteiger charge is -2.28. The molecule has 0 radical (unpaired) electrons. The SMILES string of the molecule is Cn1c(=O)n(CC(C)(C)C)c2ccc(C3=CCC(C)(C)CC3)nc21. The van der Waals surface area contributed by atoms with E-state index in [4.69, 9.17) is 4.98 Å². The summed E-state index contributed by atoms with van der Waals surface area (Å²) in [6.45, 7) is 11.8. The fourth-order valence-corrected chi connectivity index (χ4v) is 3.39. The molecule has 130 valence electrons. The molecule has 2 aromatic heterocycles. The molecular weight excluding hydrogens is 298 g/mol. The Labute approximate surface area is 144 Å². The van der Waals surface area contributed by atoms with Crippen LogP contribution in [0.1, 0.15) is 59.6 Å². The van der Waals surface area contributed by atoms with Crippen molar-refractivity contribution in [1.29, 1.82) is 0 Å². The standard InChI is InChI=1S/C20H29N3O/c1-19(2,3)13-23-16-8-7-15(21-17(16)22(6)18(23)24)14-9-11-20(4,5)12-10-14/h7-9H,10-13H2,1-6H3. The van der Waals surface area contributed by atoms with Crippen LogP contribution in [0.5, 0.6) is 0 Å². The van der Waals surface area contributed by atoms with E-state index in [0.29, 0.717) is 12.0 Å². The molecule has 4 nitrogen and oxygen atoms in total. The van der Waals surface area contributed by atoms with Gasteiger partial charge in [-0.25, -0.2) is 9.78 Å². The van der Waals surface area contributed by atoms with E-state index >= 15 is 0 Å². The quantitative estimate of drug-likeness (QED) is 0.821. The summed E-state index contributed by atoms with van der Waals surface area (Å²) in [4.78, 5) is 17.4. The van der Waals surface area contributed by atoms with Gasteiger partial charge in [0.25, 0.3) is 0 Å². The molecule has 2 heterocycles. The monoisotopic (exact) mass is 327 g/mol. The van der Waals surface area contributed by atoms with Crippen LogP contribution in [-0.2, 0) is 13.6 Å². The minimum Gasteiger partial charge on any atom is -0.290 e. The van der Waals surface area contributed by atoms with Gasteiger partial charge in [-0.15, -0.1) is 0 Å². The first-order chi connectivity index (χ1) is 11.1. The zero-order valence-corrected chi connectivity index (χ0v) is 15.8. The first-order valence-corrected chi connectivity index (χ1v) is 8.83. The molecule has 0 saturated carbocycles. The highest BCUT2D eigenvalue weighted by molar-refractivity contribution is 5.76. The van der Waals surface area contributed by atoms with Gasteiger partial charge in [0.15, 0.2) is 5.65 Å². The van der Waals surface area contributed by atoms with Crippen LogP contribution in [-0.4, -0.2) is 14.1 Å². The van der Waals surface area contributed by atoms with Crippen molar-refractivity contribution in [2.75, 3.05) is 0 Å². The van der Waals surface area contributed by atoms with Gasteiger partial charge in [-0.1, -0.05) is 40.7 Å².